The summed E-state index contributed by atoms with van der Waals surface area (Å²) in [4.78, 5) is 0. The Morgan fingerprint density at radius 3 is 2.25 bits per heavy atom. The van der Waals surface area contributed by atoms with Gasteiger partial charge in [-0.1, -0.05) is 0 Å². The van der Waals surface area contributed by atoms with Gasteiger partial charge in [0.2, 0.25) is 0 Å². The minimum Gasteiger partial charge on any atom is 1.00 e. The summed E-state index contributed by atoms with van der Waals surface area (Å²) in [7, 11) is -3.30. The predicted octanol–water partition coefficient (Wildman–Crippen LogP) is -3.56. The third-order valence-electron chi connectivity index (χ3n) is 0.262. The van der Waals surface area contributed by atoms with Crippen molar-refractivity contribution < 1.29 is 64.3 Å². The molecule has 0 aromatic carbocycles. The van der Waals surface area contributed by atoms with E-state index in [-0.39, 0.29) is 58.0 Å². The van der Waals surface area contributed by atoms with Crippen molar-refractivity contribution in [3.05, 3.63) is 0 Å². The van der Waals surface area contributed by atoms with E-state index < -0.39 is 8.42 Å². The van der Waals surface area contributed by atoms with Crippen molar-refractivity contribution >= 4 is 22.8 Å². The Morgan fingerprint density at radius 1 is 1.88 bits per heavy atom. The average molecular weight is 227 g/mol. The van der Waals surface area contributed by atoms with Gasteiger partial charge in [-0.15, -0.1) is 0 Å². The first-order valence-corrected chi connectivity index (χ1v) is 5.09. The van der Waals surface area contributed by atoms with Crippen LogP contribution in [0.25, 0.3) is 0 Å². The van der Waals surface area contributed by atoms with Crippen LogP contribution in [-0.2, 0) is 12.6 Å². The summed E-state index contributed by atoms with van der Waals surface area (Å²) in [6.45, 7) is 1.80. The second-order valence-corrected chi connectivity index (χ2v) is 4.44. The molecular formula is C2H5KO3SSe. The summed E-state index contributed by atoms with van der Waals surface area (Å²) in [6.07, 6.45) is 0. The van der Waals surface area contributed by atoms with Crippen LogP contribution in [0, 0.1) is 0 Å². The monoisotopic (exact) mass is 228 g/mol. The largest absolute Gasteiger partial charge is 1.00 e. The van der Waals surface area contributed by atoms with Crippen LogP contribution in [-0.4, -0.2) is 29.8 Å². The Morgan fingerprint density at radius 2 is 2.25 bits per heavy atom. The molecule has 1 unspecified atom stereocenters. The maximum Gasteiger partial charge on any atom is 1.00 e. The molecule has 0 bridgehead atoms. The molecule has 0 amide bonds. The van der Waals surface area contributed by atoms with Crippen LogP contribution in [0.3, 0.4) is 0 Å². The van der Waals surface area contributed by atoms with Crippen LogP contribution in [0.1, 0.15) is 6.92 Å². The molecule has 0 heterocycles. The Labute approximate surface area is 98.7 Å². The number of hydrogen-bond acceptors (Lipinski definition) is 3. The SMILES string of the molecule is CCOS(=O)([O-])=[Se].[K+]. The van der Waals surface area contributed by atoms with Gasteiger partial charge >= 0.3 is 101 Å². The van der Waals surface area contributed by atoms with E-state index in [1.807, 2.05) is 14.4 Å². The van der Waals surface area contributed by atoms with Crippen molar-refractivity contribution in [2.45, 2.75) is 6.92 Å². The van der Waals surface area contributed by atoms with E-state index in [2.05, 4.69) is 4.18 Å². The van der Waals surface area contributed by atoms with Crippen LogP contribution in [0.4, 0.5) is 0 Å². The fourth-order valence-electron chi connectivity index (χ4n) is 0.144. The molecule has 0 aliphatic rings. The molecule has 44 valence electrons. The van der Waals surface area contributed by atoms with Gasteiger partial charge < -0.3 is 0 Å². The second kappa shape index (κ2) is 5.97. The van der Waals surface area contributed by atoms with E-state index in [1.165, 1.54) is 0 Å². The number of hydrogen-bond donors (Lipinski definition) is 0. The molecule has 3 nitrogen and oxygen atoms in total. The second-order valence-electron chi connectivity index (χ2n) is 0.815. The summed E-state index contributed by atoms with van der Waals surface area (Å²) in [5.41, 5.74) is 0. The van der Waals surface area contributed by atoms with Gasteiger partial charge in [0.05, 0.1) is 0 Å². The quantitative estimate of drug-likeness (QED) is 0.459. The normalized spacial score (nSPS) is 16.2. The third-order valence-corrected chi connectivity index (χ3v) is 1.39. The van der Waals surface area contributed by atoms with Crippen molar-refractivity contribution in [1.82, 2.24) is 0 Å². The van der Waals surface area contributed by atoms with Gasteiger partial charge in [-0.05, 0) is 0 Å². The van der Waals surface area contributed by atoms with Gasteiger partial charge in [-0.2, -0.15) is 0 Å². The first-order chi connectivity index (χ1) is 3.06. The zero-order chi connectivity index (χ0) is 5.91. The molecular weight excluding hydrogens is 222 g/mol. The first-order valence-electron chi connectivity index (χ1n) is 1.66. The summed E-state index contributed by atoms with van der Waals surface area (Å²) < 4.78 is 24.1. The van der Waals surface area contributed by atoms with Crippen molar-refractivity contribution in [3.8, 4) is 0 Å². The zero-order valence-electron chi connectivity index (χ0n) is 4.75. The molecule has 0 saturated carbocycles. The van der Waals surface area contributed by atoms with E-state index in [4.69, 9.17) is 0 Å². The van der Waals surface area contributed by atoms with Crippen LogP contribution >= 0.6 is 0 Å². The third kappa shape index (κ3) is 11.1. The Kier molecular flexibility index (Phi) is 9.60. The minimum atomic E-state index is -3.30. The van der Waals surface area contributed by atoms with Crippen molar-refractivity contribution in [2.24, 2.45) is 0 Å². The van der Waals surface area contributed by atoms with Crippen molar-refractivity contribution in [2.75, 3.05) is 6.61 Å². The zero-order valence-corrected chi connectivity index (χ0v) is 10.4. The molecule has 0 aliphatic carbocycles. The van der Waals surface area contributed by atoms with Crippen LogP contribution in [0.5, 0.6) is 0 Å². The van der Waals surface area contributed by atoms with Gasteiger partial charge in [0, 0.05) is 0 Å². The van der Waals surface area contributed by atoms with E-state index in [1.54, 1.807) is 6.92 Å². The van der Waals surface area contributed by atoms with Crippen LogP contribution in [0.15, 0.2) is 0 Å². The van der Waals surface area contributed by atoms with Crippen molar-refractivity contribution in [3.63, 3.8) is 0 Å². The number of rotatable bonds is 2. The van der Waals surface area contributed by atoms with Gasteiger partial charge in [0.15, 0.2) is 0 Å². The summed E-state index contributed by atoms with van der Waals surface area (Å²) in [6, 6.07) is 0. The molecule has 0 radical (unpaired) electrons. The molecule has 0 spiro atoms. The van der Waals surface area contributed by atoms with Gasteiger partial charge in [-0.3, -0.25) is 0 Å². The Hall–Kier alpha value is 2.23. The topological polar surface area (TPSA) is 49.4 Å². The maximum atomic E-state index is 9.95. The summed E-state index contributed by atoms with van der Waals surface area (Å²) >= 11 is 1.87. The molecule has 6 heteroatoms. The predicted molar refractivity (Wildman–Crippen MR) is 26.3 cm³/mol. The molecule has 1 atom stereocenters. The van der Waals surface area contributed by atoms with Gasteiger partial charge in [-0.25, -0.2) is 0 Å². The smallest absolute Gasteiger partial charge is 1.00 e. The molecule has 0 aromatic rings. The molecule has 0 N–H and O–H groups in total. The summed E-state index contributed by atoms with van der Waals surface area (Å²) in [5.74, 6) is 0. The van der Waals surface area contributed by atoms with E-state index in [0.29, 0.717) is 0 Å². The molecule has 0 saturated heterocycles. The Bertz CT molecular complexity index is 130. The van der Waals surface area contributed by atoms with E-state index in [0.717, 1.165) is 0 Å². The summed E-state index contributed by atoms with van der Waals surface area (Å²) in [5, 5.41) is 0. The average Bonchev–Trinajstić information content (AvgIpc) is 1.30. The minimum absolute atomic E-state index is 0. The molecule has 8 heavy (non-hydrogen) atoms. The fraction of sp³-hybridized carbons (Fsp3) is 1.00. The van der Waals surface area contributed by atoms with E-state index >= 15 is 0 Å². The standard InChI is InChI=1S/C2H6O3SSe.K/c1-2-5-6(3,4)7;/h2H2,1H3,(H,3,4,7);/q;+1/p-1. The van der Waals surface area contributed by atoms with Crippen LogP contribution < -0.4 is 51.4 Å². The van der Waals surface area contributed by atoms with E-state index in [9.17, 15) is 8.76 Å². The first kappa shape index (κ1) is 12.9. The molecule has 0 aliphatic heterocycles. The molecule has 0 aromatic heterocycles. The molecule has 0 fully saturated rings. The van der Waals surface area contributed by atoms with Crippen LogP contribution in [0.2, 0.25) is 0 Å². The van der Waals surface area contributed by atoms with Gasteiger partial charge in [0.25, 0.3) is 0 Å². The van der Waals surface area contributed by atoms with Crippen molar-refractivity contribution in [1.29, 1.82) is 0 Å². The Balaban J connectivity index is 0. The fourth-order valence-corrected chi connectivity index (χ4v) is 1.04. The maximum absolute atomic E-state index is 9.95. The van der Waals surface area contributed by atoms with Gasteiger partial charge in [0.1, 0.15) is 0 Å². The molecule has 0 rings (SSSR count).